The lowest BCUT2D eigenvalue weighted by Gasteiger charge is -2.26. The van der Waals surface area contributed by atoms with E-state index in [9.17, 15) is 4.79 Å². The molecule has 9 heteroatoms. The molecule has 1 aliphatic heterocycles. The second-order valence-corrected chi connectivity index (χ2v) is 5.37. The van der Waals surface area contributed by atoms with E-state index in [-0.39, 0.29) is 36.6 Å². The Morgan fingerprint density at radius 1 is 1.43 bits per heavy atom. The second-order valence-electron chi connectivity index (χ2n) is 4.93. The Labute approximate surface area is 153 Å². The van der Waals surface area contributed by atoms with Crippen molar-refractivity contribution in [2.75, 3.05) is 26.4 Å². The number of carbonyl (C=O) groups is 1. The average molecular weight is 387 g/mol. The summed E-state index contributed by atoms with van der Waals surface area (Å²) in [4.78, 5) is 15.9. The molecule has 2 rings (SSSR count). The zero-order valence-corrected chi connectivity index (χ0v) is 15.0. The van der Waals surface area contributed by atoms with Gasteiger partial charge in [0.1, 0.15) is 6.61 Å². The van der Waals surface area contributed by atoms with Crippen LogP contribution in [0.4, 0.5) is 0 Å². The van der Waals surface area contributed by atoms with Crippen LogP contribution in [0.15, 0.2) is 18.3 Å². The number of ether oxygens (including phenoxy) is 2. The van der Waals surface area contributed by atoms with Gasteiger partial charge in [-0.3, -0.25) is 4.79 Å². The average Bonchev–Trinajstić information content (AvgIpc) is 2.53. The number of rotatable bonds is 6. The molecule has 132 valence electrons. The first-order chi connectivity index (χ1) is 10.2. The Hall–Kier alpha value is -0.790. The van der Waals surface area contributed by atoms with Gasteiger partial charge < -0.3 is 20.5 Å². The van der Waals surface area contributed by atoms with Crippen LogP contribution >= 0.6 is 36.4 Å². The van der Waals surface area contributed by atoms with E-state index in [1.165, 1.54) is 6.20 Å². The van der Waals surface area contributed by atoms with Gasteiger partial charge in [0.2, 0.25) is 11.8 Å². The first-order valence-electron chi connectivity index (χ1n) is 7.02. The number of carbonyl (C=O) groups excluding carboxylic acids is 1. The molecule has 1 amide bonds. The van der Waals surface area contributed by atoms with Crippen LogP contribution in [0.3, 0.4) is 0 Å². The summed E-state index contributed by atoms with van der Waals surface area (Å²) in [7, 11) is 0. The number of nitrogens with zero attached hydrogens (tertiary/aromatic N) is 1. The highest BCUT2D eigenvalue weighted by molar-refractivity contribution is 6.30. The summed E-state index contributed by atoms with van der Waals surface area (Å²) in [5.74, 6) is 0.523. The van der Waals surface area contributed by atoms with Crippen LogP contribution in [-0.4, -0.2) is 43.3 Å². The lowest BCUT2D eigenvalue weighted by molar-refractivity contribution is -0.124. The molecule has 3 N–H and O–H groups in total. The van der Waals surface area contributed by atoms with E-state index in [4.69, 9.17) is 26.8 Å². The van der Waals surface area contributed by atoms with Crippen molar-refractivity contribution in [1.29, 1.82) is 0 Å². The van der Waals surface area contributed by atoms with Gasteiger partial charge in [0.25, 0.3) is 0 Å². The molecule has 1 fully saturated rings. The van der Waals surface area contributed by atoms with E-state index >= 15 is 0 Å². The van der Waals surface area contributed by atoms with Gasteiger partial charge in [0.05, 0.1) is 17.6 Å². The molecule has 0 bridgehead atoms. The van der Waals surface area contributed by atoms with Crippen molar-refractivity contribution in [3.05, 3.63) is 23.4 Å². The van der Waals surface area contributed by atoms with Gasteiger partial charge in [-0.15, -0.1) is 24.8 Å². The van der Waals surface area contributed by atoms with Gasteiger partial charge >= 0.3 is 0 Å². The summed E-state index contributed by atoms with van der Waals surface area (Å²) in [5, 5.41) is 3.33. The first kappa shape index (κ1) is 22.2. The van der Waals surface area contributed by atoms with Crippen LogP contribution in [0.5, 0.6) is 5.88 Å². The van der Waals surface area contributed by atoms with Crippen molar-refractivity contribution < 1.29 is 14.3 Å². The molecular weight excluding hydrogens is 365 g/mol. The largest absolute Gasteiger partial charge is 0.476 e. The number of hydrogen-bond acceptors (Lipinski definition) is 5. The number of nitrogens with two attached hydrogens (primary N) is 1. The molecule has 1 unspecified atom stereocenters. The van der Waals surface area contributed by atoms with E-state index in [2.05, 4.69) is 10.3 Å². The number of pyridine rings is 1. The highest BCUT2D eigenvalue weighted by atomic mass is 35.5. The first-order valence-corrected chi connectivity index (χ1v) is 7.40. The van der Waals surface area contributed by atoms with E-state index in [0.717, 1.165) is 12.8 Å². The molecule has 2 heterocycles. The minimum Gasteiger partial charge on any atom is -0.476 e. The maximum absolute atomic E-state index is 11.9. The number of aromatic nitrogens is 1. The minimum absolute atomic E-state index is 0. The Kier molecular flexibility index (Phi) is 11.3. The molecular formula is C14H22Cl3N3O3. The Morgan fingerprint density at radius 3 is 2.74 bits per heavy atom. The smallest absolute Gasteiger partial charge is 0.237 e. The Balaban J connectivity index is 0.00000242. The predicted octanol–water partition coefficient (Wildman–Crippen LogP) is 1.83. The van der Waals surface area contributed by atoms with Crippen LogP contribution < -0.4 is 15.8 Å². The Morgan fingerprint density at radius 2 is 2.13 bits per heavy atom. The van der Waals surface area contributed by atoms with Crippen molar-refractivity contribution in [3.8, 4) is 5.88 Å². The summed E-state index contributed by atoms with van der Waals surface area (Å²) < 4.78 is 10.7. The molecule has 1 aliphatic rings. The number of hydrogen-bond donors (Lipinski definition) is 2. The minimum atomic E-state index is -0.484. The van der Waals surface area contributed by atoms with Gasteiger partial charge in [-0.2, -0.15) is 0 Å². The monoisotopic (exact) mass is 385 g/mol. The SMILES string of the molecule is Cl.Cl.NC(C(=O)NCCOc1ccc(Cl)cn1)C1CCOCC1. The molecule has 23 heavy (non-hydrogen) atoms. The molecule has 1 aromatic rings. The van der Waals surface area contributed by atoms with Crippen molar-refractivity contribution in [1.82, 2.24) is 10.3 Å². The highest BCUT2D eigenvalue weighted by Crippen LogP contribution is 2.17. The summed E-state index contributed by atoms with van der Waals surface area (Å²) in [6.07, 6.45) is 3.18. The fourth-order valence-electron chi connectivity index (χ4n) is 2.18. The third-order valence-electron chi connectivity index (χ3n) is 3.43. The molecule has 1 saturated heterocycles. The van der Waals surface area contributed by atoms with Crippen molar-refractivity contribution >= 4 is 42.3 Å². The van der Waals surface area contributed by atoms with Crippen LogP contribution in [-0.2, 0) is 9.53 Å². The molecule has 0 saturated carbocycles. The topological polar surface area (TPSA) is 86.5 Å². The molecule has 1 atom stereocenters. The standard InChI is InChI=1S/C14H20ClN3O3.2ClH/c15-11-1-2-12(18-9-11)21-8-5-17-14(19)13(16)10-3-6-20-7-4-10;;/h1-2,9-10,13H,3-8,16H2,(H,17,19);2*1H. The quantitative estimate of drug-likeness (QED) is 0.728. The van der Waals surface area contributed by atoms with Gasteiger partial charge in [0.15, 0.2) is 0 Å². The summed E-state index contributed by atoms with van der Waals surface area (Å²) >= 11 is 5.73. The lowest BCUT2D eigenvalue weighted by atomic mass is 9.92. The number of halogens is 3. The summed E-state index contributed by atoms with van der Waals surface area (Å²) in [5.41, 5.74) is 5.97. The molecule has 0 spiro atoms. The lowest BCUT2D eigenvalue weighted by Crippen LogP contribution is -2.47. The van der Waals surface area contributed by atoms with Crippen molar-refractivity contribution in [2.45, 2.75) is 18.9 Å². The molecule has 0 aliphatic carbocycles. The zero-order valence-electron chi connectivity index (χ0n) is 12.6. The normalized spacial score (nSPS) is 15.7. The highest BCUT2D eigenvalue weighted by Gasteiger charge is 2.26. The maximum Gasteiger partial charge on any atom is 0.237 e. The van der Waals surface area contributed by atoms with Gasteiger partial charge in [-0.1, -0.05) is 11.6 Å². The summed E-state index contributed by atoms with van der Waals surface area (Å²) in [6, 6.07) is 2.89. The number of nitrogens with one attached hydrogen (secondary N) is 1. The molecule has 1 aromatic heterocycles. The number of amides is 1. The maximum atomic E-state index is 11.9. The molecule has 6 nitrogen and oxygen atoms in total. The second kappa shape index (κ2) is 11.7. The molecule has 0 aromatic carbocycles. The third kappa shape index (κ3) is 7.54. The molecule has 0 radical (unpaired) electrons. The van der Waals surface area contributed by atoms with Crippen LogP contribution in [0, 0.1) is 5.92 Å². The van der Waals surface area contributed by atoms with Gasteiger partial charge in [-0.05, 0) is 24.8 Å². The zero-order chi connectivity index (χ0) is 15.1. The van der Waals surface area contributed by atoms with E-state index in [0.29, 0.717) is 37.3 Å². The van der Waals surface area contributed by atoms with E-state index < -0.39 is 6.04 Å². The third-order valence-corrected chi connectivity index (χ3v) is 3.65. The fourth-order valence-corrected chi connectivity index (χ4v) is 2.30. The van der Waals surface area contributed by atoms with E-state index in [1.807, 2.05) is 0 Å². The summed E-state index contributed by atoms with van der Waals surface area (Å²) in [6.45, 7) is 2.08. The van der Waals surface area contributed by atoms with E-state index in [1.54, 1.807) is 12.1 Å². The fraction of sp³-hybridized carbons (Fsp3) is 0.571. The predicted molar refractivity (Wildman–Crippen MR) is 93.8 cm³/mol. The van der Waals surface area contributed by atoms with Crippen LogP contribution in [0.2, 0.25) is 5.02 Å². The Bertz CT molecular complexity index is 456. The van der Waals surface area contributed by atoms with Gasteiger partial charge in [0, 0.05) is 25.5 Å². The van der Waals surface area contributed by atoms with Crippen molar-refractivity contribution in [3.63, 3.8) is 0 Å². The van der Waals surface area contributed by atoms with Crippen molar-refractivity contribution in [2.24, 2.45) is 11.7 Å². The van der Waals surface area contributed by atoms with Crippen LogP contribution in [0.25, 0.3) is 0 Å². The van der Waals surface area contributed by atoms with Crippen LogP contribution in [0.1, 0.15) is 12.8 Å². The van der Waals surface area contributed by atoms with Gasteiger partial charge in [-0.25, -0.2) is 4.98 Å².